The summed E-state index contributed by atoms with van der Waals surface area (Å²) in [6.07, 6.45) is 2.27. The molecule has 23 heavy (non-hydrogen) atoms. The molecule has 1 N–H and O–H groups in total. The third-order valence-corrected chi connectivity index (χ3v) is 4.84. The van der Waals surface area contributed by atoms with Gasteiger partial charge in [-0.15, -0.1) is 0 Å². The van der Waals surface area contributed by atoms with Crippen molar-refractivity contribution >= 4 is 6.03 Å². The highest BCUT2D eigenvalue weighted by atomic mass is 16.6. The number of benzene rings is 1. The van der Waals surface area contributed by atoms with Crippen LogP contribution in [0, 0.1) is 0 Å². The van der Waals surface area contributed by atoms with E-state index in [0.717, 1.165) is 57.1 Å². The lowest BCUT2D eigenvalue weighted by molar-refractivity contribution is 0.0405. The number of fused-ring (bicyclic) bond motifs is 1. The number of hydrogen-bond acceptors (Lipinski definition) is 4. The summed E-state index contributed by atoms with van der Waals surface area (Å²) in [5.41, 5.74) is 0. The number of ether oxygens (including phenoxy) is 2. The van der Waals surface area contributed by atoms with E-state index < -0.39 is 0 Å². The number of hydrogen-bond donors (Lipinski definition) is 1. The Bertz CT molecular complexity index is 580. The third-order valence-electron chi connectivity index (χ3n) is 4.84. The lowest BCUT2D eigenvalue weighted by Crippen LogP contribution is -2.52. The fraction of sp³-hybridized carbons (Fsp3) is 0.588. The van der Waals surface area contributed by atoms with E-state index in [4.69, 9.17) is 9.47 Å². The monoisotopic (exact) mass is 317 g/mol. The van der Waals surface area contributed by atoms with Gasteiger partial charge in [-0.1, -0.05) is 12.1 Å². The van der Waals surface area contributed by atoms with E-state index >= 15 is 0 Å². The van der Waals surface area contributed by atoms with Crippen LogP contribution in [-0.4, -0.2) is 67.3 Å². The number of urea groups is 1. The fourth-order valence-corrected chi connectivity index (χ4v) is 3.73. The smallest absolute Gasteiger partial charge is 0.317 e. The Hall–Kier alpha value is -1.95. The molecule has 0 unspecified atom stereocenters. The number of amides is 2. The number of nitrogens with one attached hydrogen (secondary N) is 1. The standard InChI is InChI=1S/C17H23N3O3/c21-17-18-7-9-20(17)13-4-3-8-19(10-13)11-14-12-22-15-5-1-2-6-16(15)23-14/h1-2,5-6,13-14H,3-4,7-12H2,(H,18,21)/t13-,14-/m0/s1. The van der Waals surface area contributed by atoms with Crippen molar-refractivity contribution in [2.45, 2.75) is 25.0 Å². The lowest BCUT2D eigenvalue weighted by Gasteiger charge is -2.39. The average molecular weight is 317 g/mol. The first-order valence-corrected chi connectivity index (χ1v) is 8.45. The second-order valence-corrected chi connectivity index (χ2v) is 6.48. The minimum absolute atomic E-state index is 0.0519. The summed E-state index contributed by atoms with van der Waals surface area (Å²) >= 11 is 0. The number of carbonyl (C=O) groups is 1. The highest BCUT2D eigenvalue weighted by Gasteiger charge is 2.32. The summed E-state index contributed by atoms with van der Waals surface area (Å²) in [5.74, 6) is 1.66. The summed E-state index contributed by atoms with van der Waals surface area (Å²) in [7, 11) is 0. The zero-order valence-corrected chi connectivity index (χ0v) is 13.2. The van der Waals surface area contributed by atoms with Gasteiger partial charge in [0.25, 0.3) is 0 Å². The summed E-state index contributed by atoms with van der Waals surface area (Å²) < 4.78 is 11.9. The zero-order chi connectivity index (χ0) is 15.6. The first-order chi connectivity index (χ1) is 11.3. The second kappa shape index (κ2) is 6.28. The Labute approximate surface area is 136 Å². The molecule has 0 saturated carbocycles. The summed E-state index contributed by atoms with van der Waals surface area (Å²) in [6.45, 7) is 5.02. The van der Waals surface area contributed by atoms with Crippen LogP contribution in [0.2, 0.25) is 0 Å². The molecule has 3 aliphatic heterocycles. The Kier molecular flexibility index (Phi) is 3.99. The molecule has 124 valence electrons. The number of carbonyl (C=O) groups excluding carboxylic acids is 1. The minimum Gasteiger partial charge on any atom is -0.486 e. The van der Waals surface area contributed by atoms with E-state index in [1.165, 1.54) is 0 Å². The lowest BCUT2D eigenvalue weighted by atomic mass is 10.0. The van der Waals surface area contributed by atoms with E-state index in [9.17, 15) is 4.79 Å². The number of piperidine rings is 1. The molecule has 0 spiro atoms. The van der Waals surface area contributed by atoms with Gasteiger partial charge < -0.3 is 19.7 Å². The van der Waals surface area contributed by atoms with Gasteiger partial charge in [0.15, 0.2) is 11.5 Å². The van der Waals surface area contributed by atoms with Crippen molar-refractivity contribution in [1.82, 2.24) is 15.1 Å². The molecule has 0 aromatic heterocycles. The van der Waals surface area contributed by atoms with Crippen LogP contribution >= 0.6 is 0 Å². The summed E-state index contributed by atoms with van der Waals surface area (Å²) in [5, 5.41) is 2.90. The molecular formula is C17H23N3O3. The summed E-state index contributed by atoms with van der Waals surface area (Å²) in [6, 6.07) is 8.22. The zero-order valence-electron chi connectivity index (χ0n) is 13.2. The second-order valence-electron chi connectivity index (χ2n) is 6.48. The summed E-state index contributed by atoms with van der Waals surface area (Å²) in [4.78, 5) is 16.2. The van der Waals surface area contributed by atoms with Gasteiger partial charge in [-0.25, -0.2) is 4.79 Å². The van der Waals surface area contributed by atoms with E-state index in [2.05, 4.69) is 10.2 Å². The maximum Gasteiger partial charge on any atom is 0.317 e. The van der Waals surface area contributed by atoms with E-state index in [1.807, 2.05) is 29.2 Å². The molecule has 6 heteroatoms. The van der Waals surface area contributed by atoms with Gasteiger partial charge in [0, 0.05) is 32.2 Å². The van der Waals surface area contributed by atoms with Crippen LogP contribution in [0.1, 0.15) is 12.8 Å². The molecule has 2 fully saturated rings. The van der Waals surface area contributed by atoms with Crippen molar-refractivity contribution in [1.29, 1.82) is 0 Å². The SMILES string of the molecule is O=C1NCCN1[C@H]1CCCN(C[C@H]2COc3ccccc3O2)C1. The van der Waals surface area contributed by atoms with Crippen molar-refractivity contribution in [2.24, 2.45) is 0 Å². The largest absolute Gasteiger partial charge is 0.486 e. The van der Waals surface area contributed by atoms with Gasteiger partial charge in [0.1, 0.15) is 12.7 Å². The number of nitrogens with zero attached hydrogens (tertiary/aromatic N) is 2. The Morgan fingerprint density at radius 2 is 2.09 bits per heavy atom. The Morgan fingerprint density at radius 1 is 1.22 bits per heavy atom. The normalized spacial score (nSPS) is 27.8. The van der Waals surface area contributed by atoms with Gasteiger partial charge in [-0.05, 0) is 31.5 Å². The van der Waals surface area contributed by atoms with Crippen LogP contribution in [0.3, 0.4) is 0 Å². The molecule has 0 bridgehead atoms. The van der Waals surface area contributed by atoms with E-state index in [1.54, 1.807) is 0 Å². The molecular weight excluding hydrogens is 294 g/mol. The van der Waals surface area contributed by atoms with Crippen LogP contribution in [-0.2, 0) is 0 Å². The van der Waals surface area contributed by atoms with E-state index in [0.29, 0.717) is 12.6 Å². The number of para-hydroxylation sites is 2. The van der Waals surface area contributed by atoms with Gasteiger partial charge in [-0.2, -0.15) is 0 Å². The van der Waals surface area contributed by atoms with Crippen molar-refractivity contribution < 1.29 is 14.3 Å². The average Bonchev–Trinajstić information content (AvgIpc) is 3.01. The predicted octanol–water partition coefficient (Wildman–Crippen LogP) is 1.32. The predicted molar refractivity (Wildman–Crippen MR) is 85.9 cm³/mol. The van der Waals surface area contributed by atoms with Gasteiger partial charge >= 0.3 is 6.03 Å². The maximum absolute atomic E-state index is 11.9. The molecule has 0 radical (unpaired) electrons. The molecule has 6 nitrogen and oxygen atoms in total. The number of rotatable bonds is 3. The molecule has 2 saturated heterocycles. The molecule has 4 rings (SSSR count). The molecule has 1 aromatic carbocycles. The van der Waals surface area contributed by atoms with Crippen molar-refractivity contribution in [2.75, 3.05) is 39.3 Å². The van der Waals surface area contributed by atoms with E-state index in [-0.39, 0.29) is 12.1 Å². The van der Waals surface area contributed by atoms with Gasteiger partial charge in [0.2, 0.25) is 0 Å². The molecule has 2 atom stereocenters. The Balaban J connectivity index is 1.35. The fourth-order valence-electron chi connectivity index (χ4n) is 3.73. The van der Waals surface area contributed by atoms with Gasteiger partial charge in [-0.3, -0.25) is 4.90 Å². The molecule has 0 aliphatic carbocycles. The maximum atomic E-state index is 11.9. The molecule has 3 heterocycles. The molecule has 1 aromatic rings. The molecule has 2 amide bonds. The first kappa shape index (κ1) is 14.6. The quantitative estimate of drug-likeness (QED) is 0.913. The molecule has 3 aliphatic rings. The van der Waals surface area contributed by atoms with Crippen LogP contribution in [0.4, 0.5) is 4.79 Å². The number of likely N-dealkylation sites (tertiary alicyclic amines) is 1. The Morgan fingerprint density at radius 3 is 2.91 bits per heavy atom. The minimum atomic E-state index is 0.0519. The van der Waals surface area contributed by atoms with Crippen LogP contribution in [0.5, 0.6) is 11.5 Å². The van der Waals surface area contributed by atoms with Gasteiger partial charge in [0.05, 0.1) is 0 Å². The first-order valence-electron chi connectivity index (χ1n) is 8.45. The van der Waals surface area contributed by atoms with Crippen molar-refractivity contribution in [3.63, 3.8) is 0 Å². The highest BCUT2D eigenvalue weighted by molar-refractivity contribution is 5.76. The van der Waals surface area contributed by atoms with Crippen molar-refractivity contribution in [3.05, 3.63) is 24.3 Å². The highest BCUT2D eigenvalue weighted by Crippen LogP contribution is 2.31. The topological polar surface area (TPSA) is 54.0 Å². The third kappa shape index (κ3) is 3.08. The van der Waals surface area contributed by atoms with Crippen molar-refractivity contribution in [3.8, 4) is 11.5 Å². The van der Waals surface area contributed by atoms with Crippen LogP contribution in [0.15, 0.2) is 24.3 Å². The van der Waals surface area contributed by atoms with Crippen LogP contribution < -0.4 is 14.8 Å². The van der Waals surface area contributed by atoms with Crippen LogP contribution in [0.25, 0.3) is 0 Å².